The lowest BCUT2D eigenvalue weighted by atomic mass is 9.86. The van der Waals surface area contributed by atoms with E-state index in [1.807, 2.05) is 70.2 Å². The summed E-state index contributed by atoms with van der Waals surface area (Å²) < 4.78 is 26.2. The second-order valence-electron chi connectivity index (χ2n) is 7.67. The minimum atomic E-state index is -3.49. The van der Waals surface area contributed by atoms with Crippen molar-refractivity contribution in [3.8, 4) is 0 Å². The molecule has 146 valence electrons. The summed E-state index contributed by atoms with van der Waals surface area (Å²) in [7, 11) is -3.49. The standard InChI is InChI=1S/C21H28N2O3S/c1-16-10-6-7-11-17(16)20(24)22-14-15-23(27(5,25)26)19-13-9-8-12-18(19)21(2,3)4/h6-13H,14-15H2,1-5H3,(H,22,24). The number of para-hydroxylation sites is 1. The third-order valence-electron chi connectivity index (χ3n) is 4.37. The molecule has 27 heavy (non-hydrogen) atoms. The van der Waals surface area contributed by atoms with Gasteiger partial charge < -0.3 is 5.32 Å². The molecule has 2 aromatic rings. The Morgan fingerprint density at radius 2 is 1.63 bits per heavy atom. The Kier molecular flexibility index (Phi) is 6.31. The van der Waals surface area contributed by atoms with Gasteiger partial charge >= 0.3 is 0 Å². The van der Waals surface area contributed by atoms with Gasteiger partial charge in [-0.15, -0.1) is 0 Å². The largest absolute Gasteiger partial charge is 0.350 e. The van der Waals surface area contributed by atoms with Crippen molar-refractivity contribution in [1.29, 1.82) is 0 Å². The van der Waals surface area contributed by atoms with E-state index in [4.69, 9.17) is 0 Å². The number of aryl methyl sites for hydroxylation is 1. The van der Waals surface area contributed by atoms with E-state index in [1.54, 1.807) is 6.07 Å². The number of hydrogen-bond donors (Lipinski definition) is 1. The minimum absolute atomic E-state index is 0.170. The van der Waals surface area contributed by atoms with E-state index in [0.29, 0.717) is 11.3 Å². The number of sulfonamides is 1. The number of rotatable bonds is 6. The molecule has 0 unspecified atom stereocenters. The van der Waals surface area contributed by atoms with Crippen LogP contribution in [0.2, 0.25) is 0 Å². The number of benzene rings is 2. The summed E-state index contributed by atoms with van der Waals surface area (Å²) >= 11 is 0. The molecule has 0 atom stereocenters. The molecular weight excluding hydrogens is 360 g/mol. The average molecular weight is 389 g/mol. The molecule has 0 radical (unpaired) electrons. The van der Waals surface area contributed by atoms with Crippen molar-refractivity contribution in [1.82, 2.24) is 5.32 Å². The molecule has 5 nitrogen and oxygen atoms in total. The van der Waals surface area contributed by atoms with Crippen LogP contribution in [-0.2, 0) is 15.4 Å². The number of hydrogen-bond acceptors (Lipinski definition) is 3. The first-order valence-electron chi connectivity index (χ1n) is 8.93. The second kappa shape index (κ2) is 8.13. The first kappa shape index (κ1) is 21.0. The number of carbonyl (C=O) groups excluding carboxylic acids is 1. The Balaban J connectivity index is 2.21. The highest BCUT2D eigenvalue weighted by molar-refractivity contribution is 7.92. The maximum Gasteiger partial charge on any atom is 0.251 e. The van der Waals surface area contributed by atoms with Crippen LogP contribution in [0.25, 0.3) is 0 Å². The van der Waals surface area contributed by atoms with Gasteiger partial charge in [-0.1, -0.05) is 57.2 Å². The van der Waals surface area contributed by atoms with Gasteiger partial charge in [0.15, 0.2) is 0 Å². The maximum atomic E-state index is 12.4. The second-order valence-corrected chi connectivity index (χ2v) is 9.58. The molecule has 0 saturated carbocycles. The van der Waals surface area contributed by atoms with E-state index in [0.717, 1.165) is 11.1 Å². The van der Waals surface area contributed by atoms with Crippen LogP contribution in [0, 0.1) is 6.92 Å². The molecule has 0 aliphatic heterocycles. The van der Waals surface area contributed by atoms with Crippen molar-refractivity contribution < 1.29 is 13.2 Å². The quantitative estimate of drug-likeness (QED) is 0.824. The van der Waals surface area contributed by atoms with Gasteiger partial charge in [0.1, 0.15) is 0 Å². The van der Waals surface area contributed by atoms with Crippen LogP contribution >= 0.6 is 0 Å². The maximum absolute atomic E-state index is 12.4. The van der Waals surface area contributed by atoms with E-state index in [1.165, 1.54) is 10.6 Å². The summed E-state index contributed by atoms with van der Waals surface area (Å²) in [6, 6.07) is 14.8. The van der Waals surface area contributed by atoms with Crippen molar-refractivity contribution in [3.05, 3.63) is 65.2 Å². The average Bonchev–Trinajstić information content (AvgIpc) is 2.57. The smallest absolute Gasteiger partial charge is 0.251 e. The number of amides is 1. The molecule has 0 aliphatic rings. The van der Waals surface area contributed by atoms with Crippen LogP contribution in [0.3, 0.4) is 0 Å². The van der Waals surface area contributed by atoms with Crippen molar-refractivity contribution in [2.24, 2.45) is 0 Å². The normalized spacial score (nSPS) is 11.9. The zero-order valence-electron chi connectivity index (χ0n) is 16.6. The van der Waals surface area contributed by atoms with Crippen LogP contribution in [0.15, 0.2) is 48.5 Å². The molecule has 2 rings (SSSR count). The molecule has 1 amide bonds. The molecule has 0 aliphatic carbocycles. The van der Waals surface area contributed by atoms with Gasteiger partial charge in [0, 0.05) is 12.1 Å². The fraction of sp³-hybridized carbons (Fsp3) is 0.381. The van der Waals surface area contributed by atoms with Crippen LogP contribution in [0.1, 0.15) is 42.3 Å². The lowest BCUT2D eigenvalue weighted by Crippen LogP contribution is -2.39. The highest BCUT2D eigenvalue weighted by Gasteiger charge is 2.25. The number of nitrogens with one attached hydrogen (secondary N) is 1. The molecule has 1 N–H and O–H groups in total. The minimum Gasteiger partial charge on any atom is -0.350 e. The predicted octanol–water partition coefficient (Wildman–Crippen LogP) is 3.49. The SMILES string of the molecule is Cc1ccccc1C(=O)NCCN(c1ccccc1C(C)(C)C)S(C)(=O)=O. The Morgan fingerprint density at radius 1 is 1.04 bits per heavy atom. The lowest BCUT2D eigenvalue weighted by Gasteiger charge is -2.30. The van der Waals surface area contributed by atoms with E-state index in [-0.39, 0.29) is 24.4 Å². The number of carbonyl (C=O) groups is 1. The Bertz CT molecular complexity index is 915. The van der Waals surface area contributed by atoms with Crippen molar-refractivity contribution in [3.63, 3.8) is 0 Å². The van der Waals surface area contributed by atoms with Gasteiger partial charge in [0.05, 0.1) is 18.5 Å². The molecule has 0 fully saturated rings. The summed E-state index contributed by atoms with van der Waals surface area (Å²) in [6.45, 7) is 8.41. The predicted molar refractivity (Wildman–Crippen MR) is 111 cm³/mol. The van der Waals surface area contributed by atoms with Crippen LogP contribution in [0.4, 0.5) is 5.69 Å². The van der Waals surface area contributed by atoms with Gasteiger partial charge in [0.25, 0.3) is 5.91 Å². The number of anilines is 1. The molecule has 2 aromatic carbocycles. The monoisotopic (exact) mass is 388 g/mol. The van der Waals surface area contributed by atoms with Crippen LogP contribution < -0.4 is 9.62 Å². The summed E-state index contributed by atoms with van der Waals surface area (Å²) in [5, 5.41) is 2.83. The zero-order valence-corrected chi connectivity index (χ0v) is 17.4. The van der Waals surface area contributed by atoms with Gasteiger partial charge in [-0.2, -0.15) is 0 Å². The molecule has 0 spiro atoms. The Hall–Kier alpha value is -2.34. The molecule has 0 saturated heterocycles. The van der Waals surface area contributed by atoms with Crippen molar-refractivity contribution >= 4 is 21.6 Å². The summed E-state index contributed by atoms with van der Waals surface area (Å²) in [6.07, 6.45) is 1.19. The van der Waals surface area contributed by atoms with Crippen molar-refractivity contribution in [2.45, 2.75) is 33.1 Å². The van der Waals surface area contributed by atoms with Crippen molar-refractivity contribution in [2.75, 3.05) is 23.7 Å². The van der Waals surface area contributed by atoms with E-state index >= 15 is 0 Å². The zero-order chi connectivity index (χ0) is 20.2. The van der Waals surface area contributed by atoms with Gasteiger partial charge in [0.2, 0.25) is 10.0 Å². The van der Waals surface area contributed by atoms with Crippen LogP contribution in [-0.4, -0.2) is 33.7 Å². The third kappa shape index (κ3) is 5.32. The highest BCUT2D eigenvalue weighted by atomic mass is 32.2. The third-order valence-corrected chi connectivity index (χ3v) is 5.55. The Morgan fingerprint density at radius 3 is 2.22 bits per heavy atom. The topological polar surface area (TPSA) is 66.5 Å². The molecule has 0 bridgehead atoms. The van der Waals surface area contributed by atoms with Gasteiger partial charge in [-0.25, -0.2) is 8.42 Å². The summed E-state index contributed by atoms with van der Waals surface area (Å²) in [4.78, 5) is 12.4. The van der Waals surface area contributed by atoms with Gasteiger partial charge in [-0.3, -0.25) is 9.10 Å². The Labute approximate surface area is 162 Å². The highest BCUT2D eigenvalue weighted by Crippen LogP contribution is 2.32. The fourth-order valence-electron chi connectivity index (χ4n) is 2.98. The first-order chi connectivity index (χ1) is 12.5. The molecule has 6 heteroatoms. The number of nitrogens with zero attached hydrogens (tertiary/aromatic N) is 1. The van der Waals surface area contributed by atoms with E-state index in [9.17, 15) is 13.2 Å². The molecule has 0 aromatic heterocycles. The van der Waals surface area contributed by atoms with Gasteiger partial charge in [-0.05, 0) is 35.6 Å². The summed E-state index contributed by atoms with van der Waals surface area (Å²) in [5.41, 5.74) is 2.87. The first-order valence-corrected chi connectivity index (χ1v) is 10.8. The molecule has 0 heterocycles. The van der Waals surface area contributed by atoms with Crippen LogP contribution in [0.5, 0.6) is 0 Å². The summed E-state index contributed by atoms with van der Waals surface area (Å²) in [5.74, 6) is -0.203. The van der Waals surface area contributed by atoms with E-state index < -0.39 is 10.0 Å². The van der Waals surface area contributed by atoms with E-state index in [2.05, 4.69) is 5.32 Å². The fourth-order valence-corrected chi connectivity index (χ4v) is 3.92. The lowest BCUT2D eigenvalue weighted by molar-refractivity contribution is 0.0954. The molecular formula is C21H28N2O3S.